The van der Waals surface area contributed by atoms with Crippen LogP contribution in [0.25, 0.3) is 11.1 Å². The molecular formula is C14H11ClN6O. The summed E-state index contributed by atoms with van der Waals surface area (Å²) in [5.74, 6) is 0.830. The summed E-state index contributed by atoms with van der Waals surface area (Å²) in [7, 11) is 0. The van der Waals surface area contributed by atoms with Crippen LogP contribution in [0.3, 0.4) is 0 Å². The number of rotatable bonds is 3. The van der Waals surface area contributed by atoms with Crippen molar-refractivity contribution in [2.45, 2.75) is 0 Å². The third-order valence-corrected chi connectivity index (χ3v) is 3.09. The van der Waals surface area contributed by atoms with E-state index >= 15 is 0 Å². The van der Waals surface area contributed by atoms with E-state index in [4.69, 9.17) is 11.6 Å². The SMILES string of the molecule is O=C(Nc1cnccn1)Nc1[nH]ncc1-c1ccc(Cl)cc1. The van der Waals surface area contributed by atoms with Gasteiger partial charge in [0, 0.05) is 23.0 Å². The number of hydrogen-bond donors (Lipinski definition) is 3. The van der Waals surface area contributed by atoms with Crippen LogP contribution in [0.15, 0.2) is 49.1 Å². The lowest BCUT2D eigenvalue weighted by Crippen LogP contribution is -2.20. The fourth-order valence-corrected chi connectivity index (χ4v) is 1.98. The number of urea groups is 1. The molecular weight excluding hydrogens is 304 g/mol. The Hall–Kier alpha value is -2.93. The van der Waals surface area contributed by atoms with Crippen molar-refractivity contribution in [3.63, 3.8) is 0 Å². The second-order valence-electron chi connectivity index (χ2n) is 4.34. The molecule has 0 unspecified atom stereocenters. The summed E-state index contributed by atoms with van der Waals surface area (Å²) in [5.41, 5.74) is 1.64. The Morgan fingerprint density at radius 2 is 1.91 bits per heavy atom. The number of aromatic nitrogens is 4. The Labute approximate surface area is 130 Å². The Morgan fingerprint density at radius 1 is 1.09 bits per heavy atom. The van der Waals surface area contributed by atoms with Gasteiger partial charge in [-0.1, -0.05) is 23.7 Å². The molecule has 1 aromatic carbocycles. The maximum absolute atomic E-state index is 12.0. The number of benzene rings is 1. The zero-order valence-corrected chi connectivity index (χ0v) is 12.0. The van der Waals surface area contributed by atoms with Gasteiger partial charge in [0.25, 0.3) is 0 Å². The van der Waals surface area contributed by atoms with E-state index < -0.39 is 6.03 Å². The van der Waals surface area contributed by atoms with E-state index in [1.54, 1.807) is 18.3 Å². The molecule has 8 heteroatoms. The first-order chi connectivity index (χ1) is 10.7. The van der Waals surface area contributed by atoms with Crippen LogP contribution in [-0.2, 0) is 0 Å². The summed E-state index contributed by atoms with van der Waals surface area (Å²) in [6.45, 7) is 0. The van der Waals surface area contributed by atoms with Crippen molar-refractivity contribution < 1.29 is 4.79 Å². The van der Waals surface area contributed by atoms with E-state index in [1.165, 1.54) is 18.6 Å². The van der Waals surface area contributed by atoms with Crippen LogP contribution in [0, 0.1) is 0 Å². The predicted octanol–water partition coefficient (Wildman–Crippen LogP) is 3.16. The van der Waals surface area contributed by atoms with Gasteiger partial charge in [-0.2, -0.15) is 5.10 Å². The monoisotopic (exact) mass is 314 g/mol. The zero-order valence-electron chi connectivity index (χ0n) is 11.2. The van der Waals surface area contributed by atoms with Crippen LogP contribution in [0.5, 0.6) is 0 Å². The smallest absolute Gasteiger partial charge is 0.292 e. The van der Waals surface area contributed by atoms with Crippen molar-refractivity contribution in [3.8, 4) is 11.1 Å². The standard InChI is InChI=1S/C14H11ClN6O/c15-10-3-1-9(2-4-10)11-7-18-21-13(11)20-14(22)19-12-8-16-5-6-17-12/h1-8H,(H3,17,18,19,20,21,22). The summed E-state index contributed by atoms with van der Waals surface area (Å²) in [6, 6.07) is 6.79. The topological polar surface area (TPSA) is 95.6 Å². The summed E-state index contributed by atoms with van der Waals surface area (Å²) < 4.78 is 0. The lowest BCUT2D eigenvalue weighted by molar-refractivity contribution is 0.262. The first-order valence-electron chi connectivity index (χ1n) is 6.36. The van der Waals surface area contributed by atoms with Gasteiger partial charge >= 0.3 is 6.03 Å². The minimum Gasteiger partial charge on any atom is -0.292 e. The third kappa shape index (κ3) is 3.21. The highest BCUT2D eigenvalue weighted by Gasteiger charge is 2.11. The lowest BCUT2D eigenvalue weighted by atomic mass is 10.1. The first kappa shape index (κ1) is 14.0. The molecule has 0 spiro atoms. The van der Waals surface area contributed by atoms with Gasteiger partial charge in [-0.3, -0.25) is 20.7 Å². The van der Waals surface area contributed by atoms with Gasteiger partial charge in [-0.25, -0.2) is 9.78 Å². The van der Waals surface area contributed by atoms with Gasteiger partial charge in [-0.15, -0.1) is 0 Å². The van der Waals surface area contributed by atoms with E-state index in [2.05, 4.69) is 30.8 Å². The molecule has 7 nitrogen and oxygen atoms in total. The molecule has 2 heterocycles. The van der Waals surface area contributed by atoms with Crippen molar-refractivity contribution in [2.24, 2.45) is 0 Å². The van der Waals surface area contributed by atoms with Crippen LogP contribution in [-0.4, -0.2) is 26.2 Å². The molecule has 110 valence electrons. The number of H-pyrrole nitrogens is 1. The molecule has 0 aliphatic rings. The number of carbonyl (C=O) groups is 1. The van der Waals surface area contributed by atoms with Gasteiger partial charge < -0.3 is 0 Å². The fraction of sp³-hybridized carbons (Fsp3) is 0. The van der Waals surface area contributed by atoms with Gasteiger partial charge in [-0.05, 0) is 17.7 Å². The molecule has 0 fully saturated rings. The first-order valence-corrected chi connectivity index (χ1v) is 6.73. The number of nitrogens with zero attached hydrogens (tertiary/aromatic N) is 3. The summed E-state index contributed by atoms with van der Waals surface area (Å²) in [4.78, 5) is 19.8. The molecule has 3 aromatic rings. The molecule has 3 rings (SSSR count). The maximum atomic E-state index is 12.0. The Morgan fingerprint density at radius 3 is 2.64 bits per heavy atom. The summed E-state index contributed by atoms with van der Waals surface area (Å²) >= 11 is 5.87. The van der Waals surface area contributed by atoms with E-state index in [0.29, 0.717) is 16.7 Å². The molecule has 22 heavy (non-hydrogen) atoms. The van der Waals surface area contributed by atoms with Gasteiger partial charge in [0.1, 0.15) is 5.82 Å². The maximum Gasteiger partial charge on any atom is 0.326 e. The molecule has 0 bridgehead atoms. The van der Waals surface area contributed by atoms with Gasteiger partial charge in [0.15, 0.2) is 5.82 Å². The lowest BCUT2D eigenvalue weighted by Gasteiger charge is -2.07. The number of aromatic amines is 1. The quantitative estimate of drug-likeness (QED) is 0.692. The van der Waals surface area contributed by atoms with E-state index in [-0.39, 0.29) is 0 Å². The second-order valence-corrected chi connectivity index (χ2v) is 4.77. The summed E-state index contributed by atoms with van der Waals surface area (Å²) in [6.07, 6.45) is 6.09. The zero-order chi connectivity index (χ0) is 15.4. The minimum absolute atomic E-state index is 0.354. The Bertz CT molecular complexity index is 772. The van der Waals surface area contributed by atoms with E-state index in [0.717, 1.165) is 11.1 Å². The van der Waals surface area contributed by atoms with Gasteiger partial charge in [0.05, 0.1) is 12.4 Å². The number of anilines is 2. The average Bonchev–Trinajstić information content (AvgIpc) is 2.97. The Balaban J connectivity index is 1.75. The van der Waals surface area contributed by atoms with Crippen LogP contribution < -0.4 is 10.6 Å². The molecule has 0 saturated carbocycles. The molecule has 2 aromatic heterocycles. The minimum atomic E-state index is -0.444. The number of nitrogens with one attached hydrogen (secondary N) is 3. The van der Waals surface area contributed by atoms with E-state index in [1.807, 2.05) is 12.1 Å². The molecule has 2 amide bonds. The molecule has 3 N–H and O–H groups in total. The number of amides is 2. The summed E-state index contributed by atoms with van der Waals surface area (Å²) in [5, 5.41) is 12.6. The van der Waals surface area contributed by atoms with Crippen molar-refractivity contribution in [1.82, 2.24) is 20.2 Å². The number of hydrogen-bond acceptors (Lipinski definition) is 4. The third-order valence-electron chi connectivity index (χ3n) is 2.84. The number of halogens is 1. The van der Waals surface area contributed by atoms with Crippen molar-refractivity contribution in [1.29, 1.82) is 0 Å². The predicted molar refractivity (Wildman–Crippen MR) is 83.7 cm³/mol. The second kappa shape index (κ2) is 6.23. The molecule has 0 aliphatic heterocycles. The molecule has 0 atom stereocenters. The highest BCUT2D eigenvalue weighted by atomic mass is 35.5. The van der Waals surface area contributed by atoms with Crippen LogP contribution in [0.4, 0.5) is 16.4 Å². The van der Waals surface area contributed by atoms with Crippen molar-refractivity contribution in [2.75, 3.05) is 10.6 Å². The number of carbonyl (C=O) groups excluding carboxylic acids is 1. The van der Waals surface area contributed by atoms with Crippen LogP contribution in [0.2, 0.25) is 5.02 Å². The molecule has 0 saturated heterocycles. The van der Waals surface area contributed by atoms with Gasteiger partial charge in [0.2, 0.25) is 0 Å². The molecule has 0 aliphatic carbocycles. The van der Waals surface area contributed by atoms with Crippen molar-refractivity contribution in [3.05, 3.63) is 54.1 Å². The highest BCUT2D eigenvalue weighted by molar-refractivity contribution is 6.30. The van der Waals surface area contributed by atoms with Crippen LogP contribution in [0.1, 0.15) is 0 Å². The molecule has 0 radical (unpaired) electrons. The van der Waals surface area contributed by atoms with Crippen molar-refractivity contribution >= 4 is 29.3 Å². The van der Waals surface area contributed by atoms with Crippen LogP contribution >= 0.6 is 11.6 Å². The largest absolute Gasteiger partial charge is 0.326 e. The highest BCUT2D eigenvalue weighted by Crippen LogP contribution is 2.26. The normalized spacial score (nSPS) is 10.2. The fourth-order valence-electron chi connectivity index (χ4n) is 1.85. The Kier molecular flexibility index (Phi) is 3.97. The average molecular weight is 315 g/mol. The van der Waals surface area contributed by atoms with E-state index in [9.17, 15) is 4.79 Å².